The van der Waals surface area contributed by atoms with Gasteiger partial charge in [0.15, 0.2) is 0 Å². The number of hydrogen-bond acceptors (Lipinski definition) is 4. The number of fused-ring (bicyclic) bond motifs is 1. The number of amides is 1. The molecule has 0 saturated carbocycles. The van der Waals surface area contributed by atoms with Gasteiger partial charge in [0.1, 0.15) is 5.82 Å². The molecule has 2 N–H and O–H groups in total. The summed E-state index contributed by atoms with van der Waals surface area (Å²) in [5, 5.41) is 7.40. The normalized spacial score (nSPS) is 13.4. The summed E-state index contributed by atoms with van der Waals surface area (Å²) in [7, 11) is 0. The van der Waals surface area contributed by atoms with Crippen LogP contribution in [-0.2, 0) is 4.79 Å². The molecule has 0 aliphatic carbocycles. The number of carbonyl (C=O) groups excluding carboxylic acids is 1. The van der Waals surface area contributed by atoms with Crippen molar-refractivity contribution in [3.8, 4) is 0 Å². The first-order chi connectivity index (χ1) is 14.2. The maximum Gasteiger partial charge on any atom is 0.223 e. The molecule has 3 heterocycles. The molecule has 2 atom stereocenters. The van der Waals surface area contributed by atoms with Crippen LogP contribution < -0.4 is 5.32 Å². The third-order valence-corrected chi connectivity index (χ3v) is 6.32. The predicted molar refractivity (Wildman–Crippen MR) is 121 cm³/mol. The van der Waals surface area contributed by atoms with Gasteiger partial charge in [-0.1, -0.05) is 12.1 Å². The summed E-state index contributed by atoms with van der Waals surface area (Å²) in [6.07, 6.45) is 7.33. The topological polar surface area (TPSA) is 62.7 Å². The molecule has 0 fully saturated rings. The van der Waals surface area contributed by atoms with Crippen LogP contribution in [0.15, 0.2) is 65.6 Å². The number of thioether (sulfide) groups is 1. The van der Waals surface area contributed by atoms with Crippen LogP contribution in [0.2, 0.25) is 0 Å². The number of aromatic amines is 1. The molecule has 1 amide bonds. The zero-order chi connectivity index (χ0) is 20.1. The first kappa shape index (κ1) is 19.8. The predicted octanol–water partition coefficient (Wildman–Crippen LogP) is 5.02. The van der Waals surface area contributed by atoms with Crippen LogP contribution in [0.4, 0.5) is 0 Å². The zero-order valence-corrected chi connectivity index (χ0v) is 17.9. The first-order valence-corrected chi connectivity index (χ1v) is 12.0. The largest absolute Gasteiger partial charge is 0.346 e. The van der Waals surface area contributed by atoms with E-state index < -0.39 is 0 Å². The van der Waals surface area contributed by atoms with Gasteiger partial charge in [-0.2, -0.15) is 23.1 Å². The molecule has 7 heteroatoms. The maximum absolute atomic E-state index is 13.0. The number of rotatable bonds is 9. The minimum atomic E-state index is -0.130. The van der Waals surface area contributed by atoms with Crippen LogP contribution in [0.25, 0.3) is 11.0 Å². The average molecular weight is 425 g/mol. The van der Waals surface area contributed by atoms with Gasteiger partial charge in [-0.3, -0.25) is 4.79 Å². The van der Waals surface area contributed by atoms with E-state index in [4.69, 9.17) is 4.98 Å². The fourth-order valence-corrected chi connectivity index (χ4v) is 4.67. The number of aromatic nitrogens is 3. The van der Waals surface area contributed by atoms with Crippen molar-refractivity contribution < 1.29 is 4.79 Å². The lowest BCUT2D eigenvalue weighted by atomic mass is 10.1. The SMILES string of the molecule is CSCC[C@@H](NC(=O)C[C@H](c1ccsc1)n1cccc1)c1nc2ccccc2[nH]1. The highest BCUT2D eigenvalue weighted by Crippen LogP contribution is 2.26. The standard InChI is InChI=1S/C22H24N4OS2/c1-28-12-9-19(22-24-17-6-2-3-7-18(17)25-22)23-21(27)14-20(16-8-13-29-15-16)26-10-4-5-11-26/h2-8,10-11,13,15,19-20H,9,12,14H2,1H3,(H,23,27)(H,24,25)/t19-,20-/m1/s1. The molecule has 4 rings (SSSR count). The monoisotopic (exact) mass is 424 g/mol. The Morgan fingerprint density at radius 1 is 1.24 bits per heavy atom. The first-order valence-electron chi connectivity index (χ1n) is 9.62. The lowest BCUT2D eigenvalue weighted by Gasteiger charge is -2.21. The number of benzene rings is 1. The van der Waals surface area contributed by atoms with Crippen molar-refractivity contribution in [2.75, 3.05) is 12.0 Å². The Balaban J connectivity index is 1.52. The summed E-state index contributed by atoms with van der Waals surface area (Å²) in [6.45, 7) is 0. The van der Waals surface area contributed by atoms with Gasteiger partial charge in [-0.05, 0) is 65.1 Å². The van der Waals surface area contributed by atoms with Crippen LogP contribution in [-0.4, -0.2) is 32.5 Å². The van der Waals surface area contributed by atoms with E-state index in [1.807, 2.05) is 48.8 Å². The Labute approximate surface area is 178 Å². The molecule has 0 aliphatic heterocycles. The minimum absolute atomic E-state index is 0.00637. The minimum Gasteiger partial charge on any atom is -0.346 e. The highest BCUT2D eigenvalue weighted by Gasteiger charge is 2.22. The van der Waals surface area contributed by atoms with Gasteiger partial charge in [0, 0.05) is 12.4 Å². The van der Waals surface area contributed by atoms with E-state index in [1.165, 1.54) is 0 Å². The van der Waals surface area contributed by atoms with Crippen molar-refractivity contribution in [3.63, 3.8) is 0 Å². The number of nitrogens with one attached hydrogen (secondary N) is 2. The second-order valence-corrected chi connectivity index (χ2v) is 8.71. The van der Waals surface area contributed by atoms with E-state index in [0.29, 0.717) is 6.42 Å². The lowest BCUT2D eigenvalue weighted by Crippen LogP contribution is -2.31. The van der Waals surface area contributed by atoms with Gasteiger partial charge in [-0.15, -0.1) is 0 Å². The van der Waals surface area contributed by atoms with E-state index in [9.17, 15) is 4.79 Å². The van der Waals surface area contributed by atoms with Crippen LogP contribution in [0, 0.1) is 0 Å². The van der Waals surface area contributed by atoms with Gasteiger partial charge in [0.25, 0.3) is 0 Å². The lowest BCUT2D eigenvalue weighted by molar-refractivity contribution is -0.122. The molecule has 5 nitrogen and oxygen atoms in total. The Morgan fingerprint density at radius 3 is 2.79 bits per heavy atom. The van der Waals surface area contributed by atoms with E-state index >= 15 is 0 Å². The summed E-state index contributed by atoms with van der Waals surface area (Å²) < 4.78 is 2.10. The van der Waals surface area contributed by atoms with E-state index in [2.05, 4.69) is 38.0 Å². The quantitative estimate of drug-likeness (QED) is 0.397. The molecule has 150 valence electrons. The average Bonchev–Trinajstić information content (AvgIpc) is 3.49. The number of hydrogen-bond donors (Lipinski definition) is 2. The fourth-order valence-electron chi connectivity index (χ4n) is 3.49. The highest BCUT2D eigenvalue weighted by molar-refractivity contribution is 7.98. The van der Waals surface area contributed by atoms with Crippen LogP contribution in [0.1, 0.15) is 36.3 Å². The number of para-hydroxylation sites is 2. The molecule has 0 saturated heterocycles. The van der Waals surface area contributed by atoms with Crippen molar-refractivity contribution in [1.29, 1.82) is 0 Å². The smallest absolute Gasteiger partial charge is 0.223 e. The van der Waals surface area contributed by atoms with Crippen LogP contribution in [0.3, 0.4) is 0 Å². The molecule has 0 radical (unpaired) electrons. The Bertz CT molecular complexity index is 973. The van der Waals surface area contributed by atoms with E-state index in [0.717, 1.165) is 34.6 Å². The Kier molecular flexibility index (Phi) is 6.36. The maximum atomic E-state index is 13.0. The Morgan fingerprint density at radius 2 is 2.07 bits per heavy atom. The van der Waals surface area contributed by atoms with Gasteiger partial charge < -0.3 is 14.9 Å². The van der Waals surface area contributed by atoms with Crippen molar-refractivity contribution >= 4 is 40.0 Å². The van der Waals surface area contributed by atoms with Crippen LogP contribution >= 0.6 is 23.1 Å². The second-order valence-electron chi connectivity index (χ2n) is 6.95. The summed E-state index contributed by atoms with van der Waals surface area (Å²) in [4.78, 5) is 21.1. The summed E-state index contributed by atoms with van der Waals surface area (Å²) >= 11 is 3.43. The van der Waals surface area contributed by atoms with E-state index in [1.54, 1.807) is 23.1 Å². The molecule has 0 spiro atoms. The Hall–Kier alpha value is -2.51. The van der Waals surface area contributed by atoms with Crippen LogP contribution in [0.5, 0.6) is 0 Å². The van der Waals surface area contributed by atoms with E-state index in [-0.39, 0.29) is 18.0 Å². The molecule has 0 bridgehead atoms. The second kappa shape index (κ2) is 9.33. The van der Waals surface area contributed by atoms with Crippen molar-refractivity contribution in [2.24, 2.45) is 0 Å². The number of carbonyl (C=O) groups is 1. The van der Waals surface area contributed by atoms with Gasteiger partial charge in [0.05, 0.1) is 29.5 Å². The molecule has 3 aromatic heterocycles. The molecule has 0 aliphatic rings. The van der Waals surface area contributed by atoms with Gasteiger partial charge in [-0.25, -0.2) is 4.98 Å². The number of nitrogens with zero attached hydrogens (tertiary/aromatic N) is 2. The summed E-state index contributed by atoms with van der Waals surface area (Å²) in [5.41, 5.74) is 3.08. The fraction of sp³-hybridized carbons (Fsp3) is 0.273. The number of imidazole rings is 1. The number of thiophene rings is 1. The zero-order valence-electron chi connectivity index (χ0n) is 16.2. The molecule has 1 aromatic carbocycles. The van der Waals surface area contributed by atoms with Crippen molar-refractivity contribution in [1.82, 2.24) is 19.9 Å². The highest BCUT2D eigenvalue weighted by atomic mass is 32.2. The van der Waals surface area contributed by atoms with Crippen molar-refractivity contribution in [2.45, 2.75) is 24.9 Å². The third kappa shape index (κ3) is 4.74. The third-order valence-electron chi connectivity index (χ3n) is 4.98. The van der Waals surface area contributed by atoms with Gasteiger partial charge in [0.2, 0.25) is 5.91 Å². The molecule has 0 unspecified atom stereocenters. The van der Waals surface area contributed by atoms with Gasteiger partial charge >= 0.3 is 0 Å². The molecular weight excluding hydrogens is 400 g/mol. The van der Waals surface area contributed by atoms with Crippen molar-refractivity contribution in [3.05, 3.63) is 77.0 Å². The number of H-pyrrole nitrogens is 1. The molecular formula is C22H24N4OS2. The summed E-state index contributed by atoms with van der Waals surface area (Å²) in [5.74, 6) is 1.80. The summed E-state index contributed by atoms with van der Waals surface area (Å²) in [6, 6.07) is 13.9. The molecule has 4 aromatic rings. The molecule has 29 heavy (non-hydrogen) atoms.